The van der Waals surface area contributed by atoms with Crippen LogP contribution in [0.4, 0.5) is 0 Å². The molecule has 0 aromatic carbocycles. The molecule has 0 bridgehead atoms. The van der Waals surface area contributed by atoms with E-state index >= 15 is 0 Å². The number of methoxy groups -OCH3 is 1. The molecule has 0 aromatic heterocycles. The minimum atomic E-state index is -3.32. The number of ether oxygens (including phenoxy) is 1. The summed E-state index contributed by atoms with van der Waals surface area (Å²) in [6.07, 6.45) is 0.684. The van der Waals surface area contributed by atoms with E-state index in [1.54, 1.807) is 0 Å². The maximum Gasteiger partial charge on any atom is 0.225 e. The lowest BCUT2D eigenvalue weighted by molar-refractivity contribution is 0.173. The zero-order chi connectivity index (χ0) is 9.61. The molecule has 6 heteroatoms. The Kier molecular flexibility index (Phi) is 5.82. The minimum absolute atomic E-state index is 0.182. The van der Waals surface area contributed by atoms with Crippen molar-refractivity contribution in [2.45, 2.75) is 19.4 Å². The van der Waals surface area contributed by atoms with Crippen molar-refractivity contribution >= 4 is 21.6 Å². The third kappa shape index (κ3) is 4.92. The molecule has 0 fully saturated rings. The highest BCUT2D eigenvalue weighted by molar-refractivity contribution is 7.90. The van der Waals surface area contributed by atoms with Crippen molar-refractivity contribution in [3.63, 3.8) is 0 Å². The molecule has 0 aliphatic rings. The fourth-order valence-corrected chi connectivity index (χ4v) is 1.72. The second-order valence-electron chi connectivity index (χ2n) is 2.40. The van der Waals surface area contributed by atoms with Crippen LogP contribution < -0.4 is 4.72 Å². The van der Waals surface area contributed by atoms with Gasteiger partial charge in [-0.3, -0.25) is 0 Å². The SMILES string of the molecule is CCC(COC)NS(=O)(=O)CCl. The highest BCUT2D eigenvalue weighted by Crippen LogP contribution is 1.96. The van der Waals surface area contributed by atoms with Crippen molar-refractivity contribution in [2.75, 3.05) is 18.9 Å². The van der Waals surface area contributed by atoms with E-state index in [9.17, 15) is 8.42 Å². The summed E-state index contributed by atoms with van der Waals surface area (Å²) in [5.74, 6) is 0. The summed E-state index contributed by atoms with van der Waals surface area (Å²) in [6.45, 7) is 2.24. The first-order valence-electron chi connectivity index (χ1n) is 3.60. The third-order valence-electron chi connectivity index (χ3n) is 1.35. The van der Waals surface area contributed by atoms with E-state index in [1.807, 2.05) is 6.92 Å². The Bertz CT molecular complexity index is 205. The molecule has 12 heavy (non-hydrogen) atoms. The largest absolute Gasteiger partial charge is 0.383 e. The fourth-order valence-electron chi connectivity index (χ4n) is 0.722. The molecule has 0 spiro atoms. The summed E-state index contributed by atoms with van der Waals surface area (Å²) in [5.41, 5.74) is 0. The van der Waals surface area contributed by atoms with Crippen molar-refractivity contribution < 1.29 is 13.2 Å². The van der Waals surface area contributed by atoms with Gasteiger partial charge in [-0.05, 0) is 6.42 Å². The van der Waals surface area contributed by atoms with Crippen LogP contribution in [0.5, 0.6) is 0 Å². The van der Waals surface area contributed by atoms with E-state index in [0.29, 0.717) is 13.0 Å². The standard InChI is InChI=1S/C6H14ClNO3S/c1-3-6(4-11-2)8-12(9,10)5-7/h6,8H,3-5H2,1-2H3. The normalized spacial score (nSPS) is 14.6. The summed E-state index contributed by atoms with van der Waals surface area (Å²) in [5, 5.41) is -0.410. The molecule has 4 nitrogen and oxygen atoms in total. The van der Waals surface area contributed by atoms with Crippen LogP contribution in [0, 0.1) is 0 Å². The highest BCUT2D eigenvalue weighted by Gasteiger charge is 2.14. The summed E-state index contributed by atoms with van der Waals surface area (Å²) in [7, 11) is -1.79. The maximum atomic E-state index is 10.9. The molecule has 0 aromatic rings. The number of rotatable bonds is 6. The molecule has 0 aliphatic carbocycles. The Labute approximate surface area is 78.3 Å². The van der Waals surface area contributed by atoms with Crippen molar-refractivity contribution in [2.24, 2.45) is 0 Å². The average Bonchev–Trinajstić information content (AvgIpc) is 2.03. The molecule has 0 rings (SSSR count). The van der Waals surface area contributed by atoms with E-state index < -0.39 is 15.2 Å². The van der Waals surface area contributed by atoms with Gasteiger partial charge in [0.2, 0.25) is 10.0 Å². The van der Waals surface area contributed by atoms with Gasteiger partial charge in [0, 0.05) is 13.2 Å². The molecular formula is C6H14ClNO3S. The van der Waals surface area contributed by atoms with E-state index in [4.69, 9.17) is 16.3 Å². The van der Waals surface area contributed by atoms with Crippen LogP contribution in [-0.4, -0.2) is 33.4 Å². The lowest BCUT2D eigenvalue weighted by Gasteiger charge is -2.14. The van der Waals surface area contributed by atoms with E-state index in [-0.39, 0.29) is 6.04 Å². The molecule has 1 N–H and O–H groups in total. The van der Waals surface area contributed by atoms with Crippen molar-refractivity contribution in [3.05, 3.63) is 0 Å². The van der Waals surface area contributed by atoms with Gasteiger partial charge in [-0.2, -0.15) is 0 Å². The number of nitrogens with one attached hydrogen (secondary N) is 1. The van der Waals surface area contributed by atoms with Crippen molar-refractivity contribution in [1.29, 1.82) is 0 Å². The number of hydrogen-bond acceptors (Lipinski definition) is 3. The first kappa shape index (κ1) is 12.2. The zero-order valence-corrected chi connectivity index (χ0v) is 8.78. The van der Waals surface area contributed by atoms with Gasteiger partial charge in [-0.1, -0.05) is 6.92 Å². The second kappa shape index (κ2) is 5.75. The van der Waals surface area contributed by atoms with Crippen molar-refractivity contribution in [3.8, 4) is 0 Å². The molecule has 0 saturated carbocycles. The predicted molar refractivity (Wildman–Crippen MR) is 48.7 cm³/mol. The average molecular weight is 216 g/mol. The summed E-state index contributed by atoms with van der Waals surface area (Å²) in [6, 6.07) is -0.182. The third-order valence-corrected chi connectivity index (χ3v) is 3.19. The molecule has 0 saturated heterocycles. The highest BCUT2D eigenvalue weighted by atomic mass is 35.5. The van der Waals surface area contributed by atoms with Crippen LogP contribution in [0.2, 0.25) is 0 Å². The Hall–Kier alpha value is 0.160. The van der Waals surface area contributed by atoms with Gasteiger partial charge in [-0.15, -0.1) is 11.6 Å². The number of halogens is 1. The predicted octanol–water partition coefficient (Wildman–Crippen LogP) is 0.527. The van der Waals surface area contributed by atoms with Gasteiger partial charge >= 0.3 is 0 Å². The Balaban J connectivity index is 4.02. The number of alkyl halides is 1. The number of sulfonamides is 1. The van der Waals surface area contributed by atoms with Crippen LogP contribution >= 0.6 is 11.6 Å². The minimum Gasteiger partial charge on any atom is -0.383 e. The monoisotopic (exact) mass is 215 g/mol. The molecular weight excluding hydrogens is 202 g/mol. The Morgan fingerprint density at radius 3 is 2.50 bits per heavy atom. The molecule has 0 radical (unpaired) electrons. The number of hydrogen-bond donors (Lipinski definition) is 1. The van der Waals surface area contributed by atoms with Crippen molar-refractivity contribution in [1.82, 2.24) is 4.72 Å². The van der Waals surface area contributed by atoms with Crippen LogP contribution in [0.1, 0.15) is 13.3 Å². The molecule has 1 atom stereocenters. The Morgan fingerprint density at radius 1 is 1.58 bits per heavy atom. The quantitative estimate of drug-likeness (QED) is 0.658. The van der Waals surface area contributed by atoms with Gasteiger partial charge in [0.1, 0.15) is 5.21 Å². The van der Waals surface area contributed by atoms with Crippen LogP contribution in [-0.2, 0) is 14.8 Å². The zero-order valence-electron chi connectivity index (χ0n) is 7.21. The topological polar surface area (TPSA) is 55.4 Å². The van der Waals surface area contributed by atoms with Gasteiger partial charge in [0.25, 0.3) is 0 Å². The van der Waals surface area contributed by atoms with E-state index in [2.05, 4.69) is 4.72 Å². The van der Waals surface area contributed by atoms with Crippen LogP contribution in [0.3, 0.4) is 0 Å². The molecule has 0 aliphatic heterocycles. The smallest absolute Gasteiger partial charge is 0.225 e. The summed E-state index contributed by atoms with van der Waals surface area (Å²) < 4.78 is 29.1. The molecule has 1 unspecified atom stereocenters. The van der Waals surface area contributed by atoms with Gasteiger partial charge in [0.15, 0.2) is 0 Å². The molecule has 0 heterocycles. The summed E-state index contributed by atoms with van der Waals surface area (Å²) >= 11 is 5.20. The lowest BCUT2D eigenvalue weighted by atomic mass is 10.3. The van der Waals surface area contributed by atoms with E-state index in [1.165, 1.54) is 7.11 Å². The lowest BCUT2D eigenvalue weighted by Crippen LogP contribution is -2.37. The van der Waals surface area contributed by atoms with Gasteiger partial charge < -0.3 is 4.74 Å². The first-order chi connectivity index (χ1) is 5.55. The fraction of sp³-hybridized carbons (Fsp3) is 1.00. The molecule has 74 valence electrons. The van der Waals surface area contributed by atoms with Crippen LogP contribution in [0.25, 0.3) is 0 Å². The summed E-state index contributed by atoms with van der Waals surface area (Å²) in [4.78, 5) is 0. The Morgan fingerprint density at radius 2 is 2.17 bits per heavy atom. The van der Waals surface area contributed by atoms with E-state index in [0.717, 1.165) is 0 Å². The molecule has 0 amide bonds. The first-order valence-corrected chi connectivity index (χ1v) is 5.79. The maximum absolute atomic E-state index is 10.9. The second-order valence-corrected chi connectivity index (χ2v) is 4.74. The van der Waals surface area contributed by atoms with Gasteiger partial charge in [0.05, 0.1) is 6.61 Å². The van der Waals surface area contributed by atoms with Gasteiger partial charge in [-0.25, -0.2) is 13.1 Å². The van der Waals surface area contributed by atoms with Crippen LogP contribution in [0.15, 0.2) is 0 Å².